The largest absolute Gasteiger partial charge is 0.334 e. The summed E-state index contributed by atoms with van der Waals surface area (Å²) in [6.45, 7) is 1.38. The van der Waals surface area contributed by atoms with Crippen molar-refractivity contribution < 1.29 is 4.90 Å². The molecule has 2 aliphatic rings. The van der Waals surface area contributed by atoms with E-state index in [0.29, 0.717) is 22.2 Å². The van der Waals surface area contributed by atoms with Gasteiger partial charge in [0, 0.05) is 11.8 Å². The molecule has 0 radical (unpaired) electrons. The number of likely N-dealkylation sites (N-methyl/N-ethyl adjacent to an activating group) is 1. The summed E-state index contributed by atoms with van der Waals surface area (Å²) in [6.07, 6.45) is 1.97. The second kappa shape index (κ2) is 6.75. The Bertz CT molecular complexity index is 917. The number of quaternary nitrogens is 1. The number of nitrogens with one attached hydrogen (secondary N) is 2. The van der Waals surface area contributed by atoms with E-state index in [2.05, 4.69) is 6.07 Å². The Labute approximate surface area is 162 Å². The lowest BCUT2D eigenvalue weighted by molar-refractivity contribution is -0.878. The highest BCUT2D eigenvalue weighted by Crippen LogP contribution is 2.54. The SMILES string of the molecule is C[NH+]1CC=C2C(C#N)C(=N)C(C#N)(C#N)[C@H](c3cccc(Cl)c3Cl)[C@H]2C1. The molecule has 1 aliphatic heterocycles. The monoisotopic (exact) mass is 384 g/mol. The van der Waals surface area contributed by atoms with Crippen LogP contribution in [-0.4, -0.2) is 25.8 Å². The van der Waals surface area contributed by atoms with Gasteiger partial charge in [-0.05, 0) is 23.3 Å². The lowest BCUT2D eigenvalue weighted by Crippen LogP contribution is -3.10. The van der Waals surface area contributed by atoms with Gasteiger partial charge in [0.2, 0.25) is 0 Å². The first-order chi connectivity index (χ1) is 12.4. The van der Waals surface area contributed by atoms with Crippen molar-refractivity contribution in [3.8, 4) is 18.2 Å². The number of hydrogen-bond acceptors (Lipinski definition) is 4. The van der Waals surface area contributed by atoms with Gasteiger partial charge in [0.05, 0.1) is 54.1 Å². The van der Waals surface area contributed by atoms with Crippen molar-refractivity contribution in [1.82, 2.24) is 0 Å². The first-order valence-electron chi connectivity index (χ1n) is 8.17. The zero-order valence-corrected chi connectivity index (χ0v) is 15.6. The molecule has 0 spiro atoms. The van der Waals surface area contributed by atoms with E-state index in [-0.39, 0.29) is 11.6 Å². The van der Waals surface area contributed by atoms with Gasteiger partial charge in [-0.15, -0.1) is 0 Å². The summed E-state index contributed by atoms with van der Waals surface area (Å²) in [7, 11) is 2.02. The summed E-state index contributed by atoms with van der Waals surface area (Å²) < 4.78 is 0. The predicted molar refractivity (Wildman–Crippen MR) is 97.9 cm³/mol. The topological polar surface area (TPSA) is 99.7 Å². The first kappa shape index (κ1) is 18.4. The standard InChI is InChI=1S/C19H15Cl2N5/c1-26-6-5-11-13(7-22)18(25)19(9-23,10-24)16(14(11)8-26)12-3-2-4-15(20)17(12)21/h2-5,13-14,16,25H,6,8H2,1H3/p+1/t13?,14-,16+/m0/s1. The number of rotatable bonds is 1. The molecule has 0 saturated heterocycles. The minimum absolute atomic E-state index is 0.173. The predicted octanol–water partition coefficient (Wildman–Crippen LogP) is 2.35. The molecule has 0 bridgehead atoms. The summed E-state index contributed by atoms with van der Waals surface area (Å²) in [6, 6.07) is 11.4. The molecule has 5 nitrogen and oxygen atoms in total. The molecule has 4 atom stereocenters. The Kier molecular flexibility index (Phi) is 4.78. The molecule has 2 unspecified atom stereocenters. The Morgan fingerprint density at radius 2 is 1.92 bits per heavy atom. The van der Waals surface area contributed by atoms with Crippen LogP contribution in [0, 0.1) is 56.7 Å². The average molecular weight is 385 g/mol. The lowest BCUT2D eigenvalue weighted by Gasteiger charge is -2.46. The summed E-state index contributed by atoms with van der Waals surface area (Å²) in [5.41, 5.74) is -0.540. The zero-order chi connectivity index (χ0) is 19.1. The highest BCUT2D eigenvalue weighted by molar-refractivity contribution is 6.42. The third-order valence-electron chi connectivity index (χ3n) is 5.40. The summed E-state index contributed by atoms with van der Waals surface area (Å²) in [5, 5.41) is 38.7. The lowest BCUT2D eigenvalue weighted by atomic mass is 9.54. The van der Waals surface area contributed by atoms with Gasteiger partial charge in [0.1, 0.15) is 5.92 Å². The highest BCUT2D eigenvalue weighted by atomic mass is 35.5. The molecular formula is C19H16Cl2N5+. The van der Waals surface area contributed by atoms with E-state index >= 15 is 0 Å². The number of halogens is 2. The van der Waals surface area contributed by atoms with Crippen LogP contribution in [0.5, 0.6) is 0 Å². The van der Waals surface area contributed by atoms with Crippen molar-refractivity contribution in [2.45, 2.75) is 5.92 Å². The molecule has 26 heavy (non-hydrogen) atoms. The van der Waals surface area contributed by atoms with Gasteiger partial charge < -0.3 is 10.3 Å². The van der Waals surface area contributed by atoms with Crippen molar-refractivity contribution in [2.24, 2.45) is 17.3 Å². The minimum atomic E-state index is -1.76. The molecule has 3 rings (SSSR count). The van der Waals surface area contributed by atoms with Gasteiger partial charge in [-0.3, -0.25) is 0 Å². The third-order valence-corrected chi connectivity index (χ3v) is 6.23. The Morgan fingerprint density at radius 1 is 1.23 bits per heavy atom. The van der Waals surface area contributed by atoms with E-state index in [1.165, 1.54) is 4.90 Å². The Morgan fingerprint density at radius 3 is 2.54 bits per heavy atom. The number of fused-ring (bicyclic) bond motifs is 1. The van der Waals surface area contributed by atoms with Gasteiger partial charge in [0.25, 0.3) is 0 Å². The van der Waals surface area contributed by atoms with Crippen LogP contribution < -0.4 is 4.90 Å². The van der Waals surface area contributed by atoms with Crippen LogP contribution in [-0.2, 0) is 0 Å². The summed E-state index contributed by atoms with van der Waals surface area (Å²) in [4.78, 5) is 1.21. The number of nitriles is 3. The van der Waals surface area contributed by atoms with Gasteiger partial charge in [0.15, 0.2) is 5.41 Å². The number of benzene rings is 1. The van der Waals surface area contributed by atoms with Crippen molar-refractivity contribution in [3.63, 3.8) is 0 Å². The molecular weight excluding hydrogens is 369 g/mol. The second-order valence-electron chi connectivity index (χ2n) is 6.80. The maximum atomic E-state index is 9.95. The van der Waals surface area contributed by atoms with Crippen LogP contribution in [0.2, 0.25) is 10.0 Å². The first-order valence-corrected chi connectivity index (χ1v) is 8.93. The number of hydrogen-bond donors (Lipinski definition) is 2. The van der Waals surface area contributed by atoms with Crippen LogP contribution in [0.4, 0.5) is 0 Å². The second-order valence-corrected chi connectivity index (χ2v) is 7.59. The average Bonchev–Trinajstić information content (AvgIpc) is 2.64. The molecule has 1 aromatic rings. The van der Waals surface area contributed by atoms with Crippen LogP contribution in [0.1, 0.15) is 11.5 Å². The Hall–Kier alpha value is -2.36. The number of nitrogens with zero attached hydrogens (tertiary/aromatic N) is 3. The molecule has 1 aliphatic carbocycles. The van der Waals surface area contributed by atoms with Crippen molar-refractivity contribution >= 4 is 28.9 Å². The molecule has 2 N–H and O–H groups in total. The van der Waals surface area contributed by atoms with Crippen molar-refractivity contribution in [3.05, 3.63) is 45.5 Å². The highest BCUT2D eigenvalue weighted by Gasteiger charge is 2.58. The van der Waals surface area contributed by atoms with Gasteiger partial charge in [-0.2, -0.15) is 15.8 Å². The van der Waals surface area contributed by atoms with Gasteiger partial charge in [-0.25, -0.2) is 0 Å². The summed E-state index contributed by atoms with van der Waals surface area (Å²) in [5.74, 6) is -1.75. The normalized spacial score (nSPS) is 29.5. The van der Waals surface area contributed by atoms with Gasteiger partial charge in [-0.1, -0.05) is 35.3 Å². The third kappa shape index (κ3) is 2.51. The Balaban J connectivity index is 2.32. The zero-order valence-electron chi connectivity index (χ0n) is 14.1. The van der Waals surface area contributed by atoms with Crippen LogP contribution in [0.15, 0.2) is 29.8 Å². The van der Waals surface area contributed by atoms with E-state index in [4.69, 9.17) is 28.6 Å². The molecule has 1 aromatic carbocycles. The van der Waals surface area contributed by atoms with Crippen LogP contribution >= 0.6 is 23.2 Å². The van der Waals surface area contributed by atoms with Crippen molar-refractivity contribution in [1.29, 1.82) is 21.2 Å². The minimum Gasteiger partial charge on any atom is -0.334 e. The van der Waals surface area contributed by atoms with E-state index in [0.717, 1.165) is 12.1 Å². The molecule has 0 amide bonds. The van der Waals surface area contributed by atoms with Crippen molar-refractivity contribution in [2.75, 3.05) is 20.1 Å². The fourth-order valence-corrected chi connectivity index (χ4v) is 4.59. The van der Waals surface area contributed by atoms with E-state index in [1.54, 1.807) is 18.2 Å². The molecule has 7 heteroatoms. The fourth-order valence-electron chi connectivity index (χ4n) is 4.16. The molecule has 0 aromatic heterocycles. The quantitative estimate of drug-likeness (QED) is 0.726. The molecule has 1 saturated carbocycles. The maximum Gasteiger partial charge on any atom is 0.190 e. The molecule has 130 valence electrons. The van der Waals surface area contributed by atoms with E-state index < -0.39 is 17.3 Å². The fraction of sp³-hybridized carbons (Fsp3) is 0.368. The summed E-state index contributed by atoms with van der Waals surface area (Å²) >= 11 is 12.6. The maximum absolute atomic E-state index is 9.95. The molecule has 1 heterocycles. The van der Waals surface area contributed by atoms with Crippen LogP contribution in [0.25, 0.3) is 0 Å². The van der Waals surface area contributed by atoms with Crippen LogP contribution in [0.3, 0.4) is 0 Å². The van der Waals surface area contributed by atoms with Gasteiger partial charge >= 0.3 is 0 Å². The molecule has 1 fully saturated rings. The van der Waals surface area contributed by atoms with E-state index in [9.17, 15) is 15.8 Å². The van der Waals surface area contributed by atoms with E-state index in [1.807, 2.05) is 25.3 Å². The smallest absolute Gasteiger partial charge is 0.190 e.